The molecule has 0 atom stereocenters. The lowest BCUT2D eigenvalue weighted by Gasteiger charge is -2.21. The lowest BCUT2D eigenvalue weighted by molar-refractivity contribution is -0.124. The molecule has 0 heterocycles. The SMILES string of the molecule is CC=C1C(=O)CC(c2ccccc2)CC1=O. The summed E-state index contributed by atoms with van der Waals surface area (Å²) < 4.78 is 0. The number of hydrogen-bond acceptors (Lipinski definition) is 2. The molecule has 1 aliphatic carbocycles. The van der Waals surface area contributed by atoms with E-state index >= 15 is 0 Å². The van der Waals surface area contributed by atoms with Crippen LogP contribution in [0, 0.1) is 0 Å². The van der Waals surface area contributed by atoms with Crippen LogP contribution in [0.25, 0.3) is 0 Å². The fraction of sp³-hybridized carbons (Fsp3) is 0.286. The first-order chi connectivity index (χ1) is 7.72. The van der Waals surface area contributed by atoms with E-state index in [9.17, 15) is 9.59 Å². The maximum Gasteiger partial charge on any atom is 0.166 e. The van der Waals surface area contributed by atoms with Crippen molar-refractivity contribution in [2.75, 3.05) is 0 Å². The molecule has 0 aliphatic heterocycles. The van der Waals surface area contributed by atoms with E-state index in [-0.39, 0.29) is 17.5 Å². The second-order valence-corrected chi connectivity index (χ2v) is 4.06. The number of hydrogen-bond donors (Lipinski definition) is 0. The zero-order valence-corrected chi connectivity index (χ0v) is 9.27. The highest BCUT2D eigenvalue weighted by Crippen LogP contribution is 2.31. The van der Waals surface area contributed by atoms with Crippen molar-refractivity contribution in [3.8, 4) is 0 Å². The zero-order chi connectivity index (χ0) is 11.5. The van der Waals surface area contributed by atoms with Crippen LogP contribution in [-0.2, 0) is 9.59 Å². The molecule has 0 spiro atoms. The first kappa shape index (κ1) is 10.8. The van der Waals surface area contributed by atoms with Crippen molar-refractivity contribution >= 4 is 11.6 Å². The van der Waals surface area contributed by atoms with Gasteiger partial charge in [0, 0.05) is 12.8 Å². The molecular formula is C14H14O2. The summed E-state index contributed by atoms with van der Waals surface area (Å²) >= 11 is 0. The molecule has 1 saturated carbocycles. The summed E-state index contributed by atoms with van der Waals surface area (Å²) in [5.74, 6) is 0.0186. The Balaban J connectivity index is 2.24. The highest BCUT2D eigenvalue weighted by molar-refractivity contribution is 6.22. The minimum atomic E-state index is -0.0207. The Morgan fingerprint density at radius 3 is 2.12 bits per heavy atom. The number of ketones is 2. The van der Waals surface area contributed by atoms with Crippen molar-refractivity contribution in [1.82, 2.24) is 0 Å². The first-order valence-corrected chi connectivity index (χ1v) is 5.50. The topological polar surface area (TPSA) is 34.1 Å². The predicted molar refractivity (Wildman–Crippen MR) is 62.2 cm³/mol. The minimum absolute atomic E-state index is 0.0207. The number of benzene rings is 1. The molecule has 0 N–H and O–H groups in total. The Morgan fingerprint density at radius 2 is 1.62 bits per heavy atom. The molecule has 1 aromatic carbocycles. The molecule has 1 fully saturated rings. The lowest BCUT2D eigenvalue weighted by Crippen LogP contribution is -2.24. The number of Topliss-reactive ketones (excluding diaryl/α,β-unsaturated/α-hetero) is 2. The number of rotatable bonds is 1. The average molecular weight is 214 g/mol. The van der Waals surface area contributed by atoms with Crippen LogP contribution >= 0.6 is 0 Å². The van der Waals surface area contributed by atoms with E-state index in [4.69, 9.17) is 0 Å². The highest BCUT2D eigenvalue weighted by atomic mass is 16.1. The molecule has 16 heavy (non-hydrogen) atoms. The van der Waals surface area contributed by atoms with Crippen molar-refractivity contribution in [2.45, 2.75) is 25.7 Å². The van der Waals surface area contributed by atoms with Gasteiger partial charge >= 0.3 is 0 Å². The Morgan fingerprint density at radius 1 is 1.06 bits per heavy atom. The van der Waals surface area contributed by atoms with Gasteiger partial charge in [-0.05, 0) is 18.4 Å². The minimum Gasteiger partial charge on any atom is -0.294 e. The normalized spacial score (nSPS) is 21.1. The molecule has 2 heteroatoms. The standard InChI is InChI=1S/C14H14O2/c1-2-12-13(15)8-11(9-14(12)16)10-6-4-3-5-7-10/h2-7,11H,8-9H2,1H3. The van der Waals surface area contributed by atoms with Gasteiger partial charge in [0.05, 0.1) is 5.57 Å². The Kier molecular flexibility index (Phi) is 3.00. The van der Waals surface area contributed by atoms with Gasteiger partial charge in [-0.2, -0.15) is 0 Å². The molecule has 0 aromatic heterocycles. The second kappa shape index (κ2) is 4.44. The van der Waals surface area contributed by atoms with Crippen molar-refractivity contribution in [3.63, 3.8) is 0 Å². The quantitative estimate of drug-likeness (QED) is 0.532. The zero-order valence-electron chi connectivity index (χ0n) is 9.27. The summed E-state index contributed by atoms with van der Waals surface area (Å²) in [5.41, 5.74) is 1.46. The van der Waals surface area contributed by atoms with Crippen molar-refractivity contribution in [1.29, 1.82) is 0 Å². The summed E-state index contributed by atoms with van der Waals surface area (Å²) in [4.78, 5) is 23.5. The van der Waals surface area contributed by atoms with Crippen LogP contribution in [0.2, 0.25) is 0 Å². The largest absolute Gasteiger partial charge is 0.294 e. The molecule has 0 amide bonds. The maximum absolute atomic E-state index is 11.7. The fourth-order valence-electron chi connectivity index (χ4n) is 2.18. The monoisotopic (exact) mass is 214 g/mol. The van der Waals surface area contributed by atoms with Crippen molar-refractivity contribution in [2.24, 2.45) is 0 Å². The summed E-state index contributed by atoms with van der Waals surface area (Å²) in [6.07, 6.45) is 2.54. The number of carbonyl (C=O) groups is 2. The van der Waals surface area contributed by atoms with Gasteiger partial charge in [0.15, 0.2) is 11.6 Å². The van der Waals surface area contributed by atoms with E-state index in [1.807, 2.05) is 30.3 Å². The van der Waals surface area contributed by atoms with Crippen molar-refractivity contribution in [3.05, 3.63) is 47.5 Å². The average Bonchev–Trinajstić information content (AvgIpc) is 2.30. The summed E-state index contributed by atoms with van der Waals surface area (Å²) in [6.45, 7) is 1.74. The van der Waals surface area contributed by atoms with Crippen LogP contribution in [0.4, 0.5) is 0 Å². The molecule has 2 rings (SSSR count). The van der Waals surface area contributed by atoms with Crippen LogP contribution in [0.5, 0.6) is 0 Å². The molecular weight excluding hydrogens is 200 g/mol. The van der Waals surface area contributed by atoms with Gasteiger partial charge in [-0.3, -0.25) is 9.59 Å². The highest BCUT2D eigenvalue weighted by Gasteiger charge is 2.30. The van der Waals surface area contributed by atoms with Gasteiger partial charge in [0.2, 0.25) is 0 Å². The predicted octanol–water partition coefficient (Wildman–Crippen LogP) is 2.65. The van der Waals surface area contributed by atoms with E-state index in [1.54, 1.807) is 13.0 Å². The first-order valence-electron chi connectivity index (χ1n) is 5.50. The van der Waals surface area contributed by atoms with Gasteiger partial charge in [-0.15, -0.1) is 0 Å². The van der Waals surface area contributed by atoms with Gasteiger partial charge in [0.1, 0.15) is 0 Å². The van der Waals surface area contributed by atoms with E-state index in [0.717, 1.165) is 5.56 Å². The van der Waals surface area contributed by atoms with Crippen LogP contribution in [-0.4, -0.2) is 11.6 Å². The molecule has 0 saturated heterocycles. The van der Waals surface area contributed by atoms with Gasteiger partial charge in [0.25, 0.3) is 0 Å². The third-order valence-electron chi connectivity index (χ3n) is 3.02. The third kappa shape index (κ3) is 1.96. The fourth-order valence-corrected chi connectivity index (χ4v) is 2.18. The smallest absolute Gasteiger partial charge is 0.166 e. The summed E-state index contributed by atoms with van der Waals surface area (Å²) in [5, 5.41) is 0. The Hall–Kier alpha value is -1.70. The van der Waals surface area contributed by atoms with E-state index in [2.05, 4.69) is 0 Å². The third-order valence-corrected chi connectivity index (χ3v) is 3.02. The summed E-state index contributed by atoms with van der Waals surface area (Å²) in [6, 6.07) is 9.77. The number of allylic oxidation sites excluding steroid dienone is 2. The maximum atomic E-state index is 11.7. The second-order valence-electron chi connectivity index (χ2n) is 4.06. The Bertz CT molecular complexity index is 423. The summed E-state index contributed by atoms with van der Waals surface area (Å²) in [7, 11) is 0. The molecule has 82 valence electrons. The number of carbonyl (C=O) groups excluding carboxylic acids is 2. The molecule has 0 unspecified atom stereocenters. The van der Waals surface area contributed by atoms with Gasteiger partial charge in [-0.25, -0.2) is 0 Å². The lowest BCUT2D eigenvalue weighted by atomic mass is 9.80. The molecule has 2 nitrogen and oxygen atoms in total. The van der Waals surface area contributed by atoms with Crippen LogP contribution < -0.4 is 0 Å². The van der Waals surface area contributed by atoms with Gasteiger partial charge < -0.3 is 0 Å². The van der Waals surface area contributed by atoms with Crippen molar-refractivity contribution < 1.29 is 9.59 Å². The van der Waals surface area contributed by atoms with Crippen LogP contribution in [0.15, 0.2) is 42.0 Å². The van der Waals surface area contributed by atoms with Crippen LogP contribution in [0.3, 0.4) is 0 Å². The van der Waals surface area contributed by atoms with Gasteiger partial charge in [-0.1, -0.05) is 36.4 Å². The molecule has 0 bridgehead atoms. The van der Waals surface area contributed by atoms with E-state index in [0.29, 0.717) is 18.4 Å². The van der Waals surface area contributed by atoms with E-state index in [1.165, 1.54) is 0 Å². The van der Waals surface area contributed by atoms with Crippen LogP contribution in [0.1, 0.15) is 31.2 Å². The molecule has 1 aromatic rings. The molecule has 0 radical (unpaired) electrons. The van der Waals surface area contributed by atoms with E-state index < -0.39 is 0 Å². The Labute approximate surface area is 95.0 Å². The molecule has 1 aliphatic rings.